The standard InChI is InChI=1S/C20H17ClN2O4/c1-11(18-22-16-5-3-2-4-15(16)19(24)23-18)27-20(25)13-8-12-9-14(21)6-7-17(12)26-10-13/h2-7,9,11,13H,8,10H2,1H3,(H,22,23,24)/t11-,13+/m0/s1. The monoisotopic (exact) mass is 384 g/mol. The van der Waals surface area contributed by atoms with E-state index < -0.39 is 18.0 Å². The number of hydrogen-bond acceptors (Lipinski definition) is 5. The summed E-state index contributed by atoms with van der Waals surface area (Å²) in [5.41, 5.74) is 1.17. The first-order chi connectivity index (χ1) is 13.0. The number of para-hydroxylation sites is 1. The molecule has 138 valence electrons. The van der Waals surface area contributed by atoms with E-state index in [9.17, 15) is 9.59 Å². The van der Waals surface area contributed by atoms with Gasteiger partial charge in [-0.1, -0.05) is 23.7 Å². The Labute approximate surface area is 160 Å². The maximum atomic E-state index is 12.6. The van der Waals surface area contributed by atoms with Crippen LogP contribution in [-0.2, 0) is 16.0 Å². The van der Waals surface area contributed by atoms with Crippen LogP contribution in [0.1, 0.15) is 24.4 Å². The molecule has 1 aliphatic rings. The molecule has 6 nitrogen and oxygen atoms in total. The molecule has 0 fully saturated rings. The summed E-state index contributed by atoms with van der Waals surface area (Å²) in [5.74, 6) is 0.207. The summed E-state index contributed by atoms with van der Waals surface area (Å²) >= 11 is 6.02. The largest absolute Gasteiger partial charge is 0.492 e. The quantitative estimate of drug-likeness (QED) is 0.699. The summed E-state index contributed by atoms with van der Waals surface area (Å²) in [6, 6.07) is 12.4. The summed E-state index contributed by atoms with van der Waals surface area (Å²) in [4.78, 5) is 31.9. The van der Waals surface area contributed by atoms with Gasteiger partial charge in [0.15, 0.2) is 11.9 Å². The molecule has 2 aromatic carbocycles. The number of rotatable bonds is 3. The predicted molar refractivity (Wildman–Crippen MR) is 101 cm³/mol. The second-order valence-electron chi connectivity index (χ2n) is 6.51. The van der Waals surface area contributed by atoms with E-state index in [1.807, 2.05) is 0 Å². The fraction of sp³-hybridized carbons (Fsp3) is 0.250. The second-order valence-corrected chi connectivity index (χ2v) is 6.95. The molecule has 7 heteroatoms. The van der Waals surface area contributed by atoms with Crippen LogP contribution in [0.4, 0.5) is 0 Å². The Morgan fingerprint density at radius 3 is 3.00 bits per heavy atom. The van der Waals surface area contributed by atoms with E-state index in [-0.39, 0.29) is 12.2 Å². The highest BCUT2D eigenvalue weighted by Gasteiger charge is 2.29. The Bertz CT molecular complexity index is 1080. The van der Waals surface area contributed by atoms with Gasteiger partial charge in [-0.05, 0) is 49.2 Å². The predicted octanol–water partition coefficient (Wildman–Crippen LogP) is 3.43. The zero-order valence-corrected chi connectivity index (χ0v) is 15.3. The number of aromatic nitrogens is 2. The van der Waals surface area contributed by atoms with Crippen molar-refractivity contribution in [1.29, 1.82) is 0 Å². The van der Waals surface area contributed by atoms with Crippen LogP contribution in [-0.4, -0.2) is 22.5 Å². The van der Waals surface area contributed by atoms with Gasteiger partial charge in [0, 0.05) is 5.02 Å². The van der Waals surface area contributed by atoms with Crippen molar-refractivity contribution in [3.05, 3.63) is 69.2 Å². The Kier molecular flexibility index (Phi) is 4.58. The first-order valence-electron chi connectivity index (χ1n) is 8.62. The molecule has 0 amide bonds. The van der Waals surface area contributed by atoms with Gasteiger partial charge in [0.25, 0.3) is 5.56 Å². The van der Waals surface area contributed by atoms with E-state index in [1.54, 1.807) is 49.4 Å². The van der Waals surface area contributed by atoms with Crippen LogP contribution >= 0.6 is 11.6 Å². The third-order valence-electron chi connectivity index (χ3n) is 4.57. The molecule has 27 heavy (non-hydrogen) atoms. The molecule has 2 heterocycles. The van der Waals surface area contributed by atoms with Gasteiger partial charge < -0.3 is 14.5 Å². The molecule has 0 spiro atoms. The first kappa shape index (κ1) is 17.5. The fourth-order valence-electron chi connectivity index (χ4n) is 3.14. The van der Waals surface area contributed by atoms with E-state index in [4.69, 9.17) is 21.1 Å². The number of esters is 1. The molecule has 1 aliphatic heterocycles. The van der Waals surface area contributed by atoms with Crippen LogP contribution in [0.15, 0.2) is 47.3 Å². The zero-order valence-electron chi connectivity index (χ0n) is 14.6. The third-order valence-corrected chi connectivity index (χ3v) is 4.81. The molecule has 2 atom stereocenters. The van der Waals surface area contributed by atoms with Crippen LogP contribution in [0.2, 0.25) is 5.02 Å². The Balaban J connectivity index is 1.51. The molecule has 0 radical (unpaired) electrons. The van der Waals surface area contributed by atoms with Crippen molar-refractivity contribution < 1.29 is 14.3 Å². The number of benzene rings is 2. The topological polar surface area (TPSA) is 81.3 Å². The van der Waals surface area contributed by atoms with Gasteiger partial charge in [0.2, 0.25) is 0 Å². The van der Waals surface area contributed by atoms with Crippen LogP contribution in [0.5, 0.6) is 5.75 Å². The minimum absolute atomic E-state index is 0.238. The van der Waals surface area contributed by atoms with Crippen LogP contribution < -0.4 is 10.3 Å². The van der Waals surface area contributed by atoms with E-state index in [0.717, 1.165) is 11.3 Å². The number of aromatic amines is 1. The van der Waals surface area contributed by atoms with Gasteiger partial charge in [0.05, 0.1) is 16.8 Å². The molecule has 4 rings (SSSR count). The van der Waals surface area contributed by atoms with Crippen LogP contribution in [0, 0.1) is 5.92 Å². The zero-order chi connectivity index (χ0) is 19.0. The number of fused-ring (bicyclic) bond motifs is 2. The molecular formula is C20H17ClN2O4. The number of nitrogens with one attached hydrogen (secondary N) is 1. The smallest absolute Gasteiger partial charge is 0.313 e. The minimum Gasteiger partial charge on any atom is -0.492 e. The number of carbonyl (C=O) groups excluding carboxylic acids is 1. The highest BCUT2D eigenvalue weighted by molar-refractivity contribution is 6.30. The molecule has 1 aromatic heterocycles. The van der Waals surface area contributed by atoms with Crippen molar-refractivity contribution in [3.8, 4) is 5.75 Å². The number of H-pyrrole nitrogens is 1. The lowest BCUT2D eigenvalue weighted by molar-refractivity contribution is -0.155. The maximum absolute atomic E-state index is 12.6. The fourth-order valence-corrected chi connectivity index (χ4v) is 3.33. The summed E-state index contributed by atoms with van der Waals surface area (Å²) < 4.78 is 11.2. The lowest BCUT2D eigenvalue weighted by Crippen LogP contribution is -2.30. The van der Waals surface area contributed by atoms with Gasteiger partial charge >= 0.3 is 5.97 Å². The van der Waals surface area contributed by atoms with E-state index >= 15 is 0 Å². The number of hydrogen-bond donors (Lipinski definition) is 1. The highest BCUT2D eigenvalue weighted by Crippen LogP contribution is 2.31. The van der Waals surface area contributed by atoms with Crippen molar-refractivity contribution in [1.82, 2.24) is 9.97 Å². The maximum Gasteiger partial charge on any atom is 0.313 e. The van der Waals surface area contributed by atoms with Crippen molar-refractivity contribution in [3.63, 3.8) is 0 Å². The number of carbonyl (C=O) groups is 1. The molecule has 0 saturated carbocycles. The van der Waals surface area contributed by atoms with Crippen molar-refractivity contribution in [2.24, 2.45) is 5.92 Å². The lowest BCUT2D eigenvalue weighted by Gasteiger charge is -2.25. The first-order valence-corrected chi connectivity index (χ1v) is 9.00. The van der Waals surface area contributed by atoms with Crippen LogP contribution in [0.3, 0.4) is 0 Å². The normalized spacial score (nSPS) is 17.0. The SMILES string of the molecule is C[C@H](OC(=O)[C@H]1COc2ccc(Cl)cc2C1)c1nc2ccccc2c(=O)[nH]1. The van der Waals surface area contributed by atoms with Crippen molar-refractivity contribution in [2.45, 2.75) is 19.4 Å². The Morgan fingerprint density at radius 1 is 1.33 bits per heavy atom. The van der Waals surface area contributed by atoms with E-state index in [1.165, 1.54) is 0 Å². The van der Waals surface area contributed by atoms with Crippen LogP contribution in [0.25, 0.3) is 10.9 Å². The Hall–Kier alpha value is -2.86. The van der Waals surface area contributed by atoms with Crippen molar-refractivity contribution >= 4 is 28.5 Å². The highest BCUT2D eigenvalue weighted by atomic mass is 35.5. The number of ether oxygens (including phenoxy) is 2. The number of halogens is 1. The summed E-state index contributed by atoms with van der Waals surface area (Å²) in [6.45, 7) is 1.92. The van der Waals surface area contributed by atoms with E-state index in [0.29, 0.717) is 28.2 Å². The summed E-state index contributed by atoms with van der Waals surface area (Å²) in [7, 11) is 0. The van der Waals surface area contributed by atoms with Crippen molar-refractivity contribution in [2.75, 3.05) is 6.61 Å². The second kappa shape index (κ2) is 7.04. The average Bonchev–Trinajstić information content (AvgIpc) is 2.67. The molecule has 0 aliphatic carbocycles. The average molecular weight is 385 g/mol. The summed E-state index contributed by atoms with van der Waals surface area (Å²) in [6.07, 6.45) is -0.195. The third kappa shape index (κ3) is 3.53. The van der Waals surface area contributed by atoms with Gasteiger partial charge in [-0.15, -0.1) is 0 Å². The number of nitrogens with zero attached hydrogens (tertiary/aromatic N) is 1. The van der Waals surface area contributed by atoms with Gasteiger partial charge in [-0.2, -0.15) is 0 Å². The molecule has 0 saturated heterocycles. The van der Waals surface area contributed by atoms with Gasteiger partial charge in [-0.25, -0.2) is 4.98 Å². The molecule has 0 bridgehead atoms. The molecule has 3 aromatic rings. The lowest BCUT2D eigenvalue weighted by atomic mass is 9.97. The molecular weight excluding hydrogens is 368 g/mol. The molecule has 1 N–H and O–H groups in total. The minimum atomic E-state index is -0.685. The van der Waals surface area contributed by atoms with E-state index in [2.05, 4.69) is 9.97 Å². The Morgan fingerprint density at radius 2 is 2.15 bits per heavy atom. The van der Waals surface area contributed by atoms with Gasteiger partial charge in [-0.3, -0.25) is 9.59 Å². The van der Waals surface area contributed by atoms with Gasteiger partial charge in [0.1, 0.15) is 12.4 Å². The molecule has 0 unspecified atom stereocenters. The summed E-state index contributed by atoms with van der Waals surface area (Å²) in [5, 5.41) is 1.09.